The molecule has 0 aliphatic heterocycles. The highest BCUT2D eigenvalue weighted by atomic mass is 16.1. The zero-order valence-electron chi connectivity index (χ0n) is 11.9. The van der Waals surface area contributed by atoms with Gasteiger partial charge in [0.1, 0.15) is 5.69 Å². The molecule has 2 aromatic carbocycles. The Labute approximate surface area is 123 Å². The first kappa shape index (κ1) is 12.3. The molecule has 0 saturated carbocycles. The van der Waals surface area contributed by atoms with E-state index in [1.54, 1.807) is 4.68 Å². The van der Waals surface area contributed by atoms with E-state index in [0.29, 0.717) is 18.0 Å². The molecule has 1 aromatic heterocycles. The van der Waals surface area contributed by atoms with E-state index >= 15 is 0 Å². The van der Waals surface area contributed by atoms with Gasteiger partial charge in [-0.3, -0.25) is 9.48 Å². The quantitative estimate of drug-likeness (QED) is 0.686. The monoisotopic (exact) mass is 276 g/mol. The average molecular weight is 276 g/mol. The number of carbonyl (C=O) groups is 1. The first-order valence-electron chi connectivity index (χ1n) is 7.27. The second-order valence-corrected chi connectivity index (χ2v) is 5.72. The summed E-state index contributed by atoms with van der Waals surface area (Å²) in [5, 5.41) is 5.38. The molecule has 21 heavy (non-hydrogen) atoms. The predicted octanol–water partition coefficient (Wildman–Crippen LogP) is 3.49. The number of benzene rings is 2. The summed E-state index contributed by atoms with van der Waals surface area (Å²) in [4.78, 5) is 12.6. The summed E-state index contributed by atoms with van der Waals surface area (Å²) in [5.41, 5.74) is 4.32. The van der Waals surface area contributed by atoms with Crippen molar-refractivity contribution in [1.82, 2.24) is 9.78 Å². The van der Waals surface area contributed by atoms with Gasteiger partial charge in [0, 0.05) is 18.9 Å². The zero-order valence-corrected chi connectivity index (χ0v) is 11.9. The molecule has 1 heterocycles. The number of Topliss-reactive ketones (excluding diaryl/α,β-unsaturated/α-hetero) is 1. The first-order valence-corrected chi connectivity index (χ1v) is 7.27. The van der Waals surface area contributed by atoms with Crippen LogP contribution in [0.15, 0.2) is 48.5 Å². The Morgan fingerprint density at radius 3 is 2.81 bits per heavy atom. The van der Waals surface area contributed by atoms with E-state index < -0.39 is 0 Å². The number of fused-ring (bicyclic) bond motifs is 2. The number of para-hydroxylation sites is 1. The van der Waals surface area contributed by atoms with Crippen LogP contribution in [0.2, 0.25) is 0 Å². The molecule has 1 unspecified atom stereocenters. The van der Waals surface area contributed by atoms with E-state index in [-0.39, 0.29) is 5.78 Å². The number of aromatic nitrogens is 2. The molecule has 1 aliphatic rings. The van der Waals surface area contributed by atoms with Crippen molar-refractivity contribution in [2.24, 2.45) is 7.05 Å². The predicted molar refractivity (Wildman–Crippen MR) is 82.5 cm³/mol. The molecule has 0 N–H and O–H groups in total. The summed E-state index contributed by atoms with van der Waals surface area (Å²) in [5.74, 6) is 0.501. The van der Waals surface area contributed by atoms with Gasteiger partial charge in [0.05, 0.1) is 5.52 Å². The van der Waals surface area contributed by atoms with Crippen LogP contribution in [0.4, 0.5) is 0 Å². The number of nitrogens with zero attached hydrogens (tertiary/aromatic N) is 2. The number of carbonyl (C=O) groups excluding carboxylic acids is 1. The molecular weight excluding hydrogens is 260 g/mol. The van der Waals surface area contributed by atoms with Gasteiger partial charge in [-0.2, -0.15) is 5.10 Å². The summed E-state index contributed by atoms with van der Waals surface area (Å²) >= 11 is 0. The second kappa shape index (κ2) is 4.55. The molecule has 104 valence electrons. The van der Waals surface area contributed by atoms with Crippen molar-refractivity contribution in [3.8, 4) is 0 Å². The number of ketones is 1. The summed E-state index contributed by atoms with van der Waals surface area (Å²) in [7, 11) is 1.89. The molecule has 1 atom stereocenters. The zero-order chi connectivity index (χ0) is 14.4. The van der Waals surface area contributed by atoms with E-state index in [1.165, 1.54) is 11.1 Å². The minimum atomic E-state index is 0.145. The minimum absolute atomic E-state index is 0.145. The molecule has 0 saturated heterocycles. The second-order valence-electron chi connectivity index (χ2n) is 5.72. The summed E-state index contributed by atoms with van der Waals surface area (Å²) in [6, 6.07) is 16.3. The molecule has 1 aliphatic carbocycles. The van der Waals surface area contributed by atoms with Crippen molar-refractivity contribution in [3.63, 3.8) is 0 Å². The molecule has 0 bridgehead atoms. The highest BCUT2D eigenvalue weighted by Crippen LogP contribution is 2.38. The van der Waals surface area contributed by atoms with Crippen LogP contribution in [-0.2, 0) is 13.5 Å². The number of hydrogen-bond acceptors (Lipinski definition) is 2. The molecular formula is C18H16N2O. The lowest BCUT2D eigenvalue weighted by Gasteiger charge is -2.29. The molecule has 4 rings (SSSR count). The molecule has 0 amide bonds. The highest BCUT2D eigenvalue weighted by Gasteiger charge is 2.29. The Bertz CT molecular complexity index is 847. The Balaban J connectivity index is 1.64. The van der Waals surface area contributed by atoms with Gasteiger partial charge in [-0.15, -0.1) is 0 Å². The summed E-state index contributed by atoms with van der Waals surface area (Å²) < 4.78 is 1.79. The molecule has 3 aromatic rings. The third-order valence-corrected chi connectivity index (χ3v) is 4.41. The lowest BCUT2D eigenvalue weighted by molar-refractivity contribution is 0.0966. The maximum atomic E-state index is 12.6. The van der Waals surface area contributed by atoms with Gasteiger partial charge in [-0.25, -0.2) is 0 Å². The van der Waals surface area contributed by atoms with Gasteiger partial charge >= 0.3 is 0 Å². The number of aryl methyl sites for hydroxylation is 1. The Morgan fingerprint density at radius 2 is 1.95 bits per heavy atom. The van der Waals surface area contributed by atoms with Crippen LogP contribution in [-0.4, -0.2) is 15.6 Å². The fourth-order valence-corrected chi connectivity index (χ4v) is 3.29. The van der Waals surface area contributed by atoms with Crippen LogP contribution in [0, 0.1) is 0 Å². The summed E-state index contributed by atoms with van der Waals surface area (Å²) in [6.07, 6.45) is 1.56. The SMILES string of the molecule is Cn1nc(C(=O)CC2Cc3ccccc32)c2ccccc21. The van der Waals surface area contributed by atoms with E-state index in [2.05, 4.69) is 23.3 Å². The lowest BCUT2D eigenvalue weighted by Crippen LogP contribution is -2.20. The van der Waals surface area contributed by atoms with E-state index in [9.17, 15) is 4.79 Å². The maximum absolute atomic E-state index is 12.6. The van der Waals surface area contributed by atoms with E-state index in [4.69, 9.17) is 0 Å². The fourth-order valence-electron chi connectivity index (χ4n) is 3.29. The van der Waals surface area contributed by atoms with Crippen LogP contribution in [0.3, 0.4) is 0 Å². The van der Waals surface area contributed by atoms with E-state index in [1.807, 2.05) is 37.4 Å². The van der Waals surface area contributed by atoms with Crippen molar-refractivity contribution in [1.29, 1.82) is 0 Å². The van der Waals surface area contributed by atoms with Crippen LogP contribution in [0.5, 0.6) is 0 Å². The third-order valence-electron chi connectivity index (χ3n) is 4.41. The first-order chi connectivity index (χ1) is 10.2. The summed E-state index contributed by atoms with van der Waals surface area (Å²) in [6.45, 7) is 0. The van der Waals surface area contributed by atoms with Gasteiger partial charge in [0.2, 0.25) is 0 Å². The molecule has 3 heteroatoms. The van der Waals surface area contributed by atoms with Crippen molar-refractivity contribution < 1.29 is 4.79 Å². The molecule has 0 spiro atoms. The number of hydrogen-bond donors (Lipinski definition) is 0. The third kappa shape index (κ3) is 1.88. The van der Waals surface area contributed by atoms with Crippen LogP contribution < -0.4 is 0 Å². The van der Waals surface area contributed by atoms with Crippen molar-refractivity contribution >= 4 is 16.7 Å². The number of rotatable bonds is 3. The molecule has 0 radical (unpaired) electrons. The van der Waals surface area contributed by atoms with Crippen LogP contribution in [0.25, 0.3) is 10.9 Å². The molecule has 0 fully saturated rings. The van der Waals surface area contributed by atoms with Gasteiger partial charge in [-0.1, -0.05) is 42.5 Å². The fraction of sp³-hybridized carbons (Fsp3) is 0.222. The van der Waals surface area contributed by atoms with Crippen LogP contribution in [0.1, 0.15) is 34.0 Å². The van der Waals surface area contributed by atoms with Crippen LogP contribution >= 0.6 is 0 Å². The molecule has 3 nitrogen and oxygen atoms in total. The van der Waals surface area contributed by atoms with Gasteiger partial charge in [0.15, 0.2) is 5.78 Å². The average Bonchev–Trinajstić information content (AvgIpc) is 2.83. The largest absolute Gasteiger partial charge is 0.292 e. The maximum Gasteiger partial charge on any atom is 0.184 e. The Hall–Kier alpha value is -2.42. The topological polar surface area (TPSA) is 34.9 Å². The van der Waals surface area contributed by atoms with Crippen molar-refractivity contribution in [2.45, 2.75) is 18.8 Å². The lowest BCUT2D eigenvalue weighted by atomic mass is 9.75. The standard InChI is InChI=1S/C18H16N2O/c1-20-16-9-5-4-8-15(16)18(19-20)17(21)11-13-10-12-6-2-3-7-14(12)13/h2-9,13H,10-11H2,1H3. The highest BCUT2D eigenvalue weighted by molar-refractivity contribution is 6.06. The van der Waals surface area contributed by atoms with Crippen molar-refractivity contribution in [2.75, 3.05) is 0 Å². The van der Waals surface area contributed by atoms with Gasteiger partial charge in [0.25, 0.3) is 0 Å². The normalized spacial score (nSPS) is 16.5. The van der Waals surface area contributed by atoms with Crippen molar-refractivity contribution in [3.05, 3.63) is 65.4 Å². The Kier molecular flexibility index (Phi) is 2.67. The Morgan fingerprint density at radius 1 is 1.19 bits per heavy atom. The minimum Gasteiger partial charge on any atom is -0.292 e. The van der Waals surface area contributed by atoms with Gasteiger partial charge < -0.3 is 0 Å². The van der Waals surface area contributed by atoms with Gasteiger partial charge in [-0.05, 0) is 29.5 Å². The smallest absolute Gasteiger partial charge is 0.184 e. The van der Waals surface area contributed by atoms with E-state index in [0.717, 1.165) is 17.3 Å².